The highest BCUT2D eigenvalue weighted by atomic mass is 19.1. The van der Waals surface area contributed by atoms with E-state index in [4.69, 9.17) is 0 Å². The van der Waals surface area contributed by atoms with Crippen molar-refractivity contribution in [2.75, 3.05) is 20.1 Å². The number of non-ortho nitro benzene ring substituents is 1. The van der Waals surface area contributed by atoms with E-state index in [0.29, 0.717) is 29.8 Å². The van der Waals surface area contributed by atoms with E-state index in [9.17, 15) is 24.1 Å². The average molecular weight is 441 g/mol. The zero-order chi connectivity index (χ0) is 23.3. The van der Waals surface area contributed by atoms with Gasteiger partial charge in [0.05, 0.1) is 16.7 Å². The Morgan fingerprint density at radius 1 is 1.28 bits per heavy atom. The molecule has 0 saturated heterocycles. The van der Waals surface area contributed by atoms with Crippen LogP contribution in [0.3, 0.4) is 0 Å². The third kappa shape index (κ3) is 5.26. The monoisotopic (exact) mass is 441 g/mol. The summed E-state index contributed by atoms with van der Waals surface area (Å²) in [7, 11) is 1.51. The summed E-state index contributed by atoms with van der Waals surface area (Å²) in [6.07, 6.45) is 1.06. The number of halogens is 1. The number of carbonyl (C=O) groups is 2. The van der Waals surface area contributed by atoms with Crippen LogP contribution in [-0.2, 0) is 4.79 Å². The molecule has 10 heteroatoms. The molecule has 2 aromatic rings. The number of nitrogens with zero attached hydrogens (tertiary/aromatic N) is 4. The van der Waals surface area contributed by atoms with E-state index in [1.807, 2.05) is 6.92 Å². The Morgan fingerprint density at radius 2 is 2.00 bits per heavy atom. The van der Waals surface area contributed by atoms with Gasteiger partial charge < -0.3 is 10.2 Å². The van der Waals surface area contributed by atoms with Crippen LogP contribution >= 0.6 is 0 Å². The Balaban J connectivity index is 1.88. The van der Waals surface area contributed by atoms with Crippen molar-refractivity contribution < 1.29 is 18.9 Å². The second kappa shape index (κ2) is 9.99. The summed E-state index contributed by atoms with van der Waals surface area (Å²) < 4.78 is 13.3. The van der Waals surface area contributed by atoms with Gasteiger partial charge in [-0.2, -0.15) is 5.10 Å². The largest absolute Gasteiger partial charge is 0.338 e. The maximum Gasteiger partial charge on any atom is 0.317 e. The van der Waals surface area contributed by atoms with Gasteiger partial charge in [0, 0.05) is 32.1 Å². The third-order valence-corrected chi connectivity index (χ3v) is 5.05. The number of amides is 3. The number of nitrogens with one attached hydrogen (secondary N) is 1. The minimum atomic E-state index is -0.588. The SMILES string of the molecule is CCCNC(=O)N(C)CC(=O)N1N=C(c2ccc(F)cc2)C[C@@H]1c1cccc([N+](=O)[O-])c1. The van der Waals surface area contributed by atoms with Crippen molar-refractivity contribution in [3.05, 3.63) is 75.6 Å². The average Bonchev–Trinajstić information content (AvgIpc) is 3.23. The lowest BCUT2D eigenvalue weighted by Crippen LogP contribution is -2.43. The molecule has 32 heavy (non-hydrogen) atoms. The fourth-order valence-electron chi connectivity index (χ4n) is 3.38. The first-order valence-corrected chi connectivity index (χ1v) is 10.2. The van der Waals surface area contributed by atoms with Crippen LogP contribution in [0.15, 0.2) is 53.6 Å². The van der Waals surface area contributed by atoms with Gasteiger partial charge in [0.2, 0.25) is 0 Å². The number of hydrazone groups is 1. The van der Waals surface area contributed by atoms with E-state index in [2.05, 4.69) is 10.4 Å². The topological polar surface area (TPSA) is 108 Å². The second-order valence-electron chi connectivity index (χ2n) is 7.45. The molecule has 0 aromatic heterocycles. The van der Waals surface area contributed by atoms with Crippen LogP contribution in [0.2, 0.25) is 0 Å². The highest BCUT2D eigenvalue weighted by Crippen LogP contribution is 2.34. The van der Waals surface area contributed by atoms with Crippen LogP contribution in [0.25, 0.3) is 0 Å². The van der Waals surface area contributed by atoms with Crippen molar-refractivity contribution in [1.29, 1.82) is 0 Å². The van der Waals surface area contributed by atoms with Crippen LogP contribution in [0.5, 0.6) is 0 Å². The fourth-order valence-corrected chi connectivity index (χ4v) is 3.38. The molecule has 1 aliphatic rings. The van der Waals surface area contributed by atoms with Gasteiger partial charge in [0.25, 0.3) is 11.6 Å². The summed E-state index contributed by atoms with van der Waals surface area (Å²) in [5.41, 5.74) is 1.65. The minimum absolute atomic E-state index is 0.0961. The van der Waals surface area contributed by atoms with Crippen molar-refractivity contribution in [3.8, 4) is 0 Å². The maximum absolute atomic E-state index is 13.3. The number of benzene rings is 2. The molecule has 9 nitrogen and oxygen atoms in total. The summed E-state index contributed by atoms with van der Waals surface area (Å²) in [5.74, 6) is -0.831. The van der Waals surface area contributed by atoms with Crippen molar-refractivity contribution in [2.45, 2.75) is 25.8 Å². The van der Waals surface area contributed by atoms with Gasteiger partial charge >= 0.3 is 6.03 Å². The van der Waals surface area contributed by atoms with Crippen molar-refractivity contribution in [2.24, 2.45) is 5.10 Å². The van der Waals surface area contributed by atoms with E-state index in [-0.39, 0.29) is 18.3 Å². The number of carbonyl (C=O) groups excluding carboxylic acids is 2. The number of likely N-dealkylation sites (N-methyl/N-ethyl adjacent to an activating group) is 1. The Labute approximate surface area is 184 Å². The standard InChI is InChI=1S/C22H24FN5O4/c1-3-11-24-22(30)26(2)14-21(29)27-20(16-5-4-6-18(12-16)28(31)32)13-19(25-27)15-7-9-17(23)10-8-15/h4-10,12,20H,3,11,13-14H2,1-2H3,(H,24,30)/t20-/m1/s1. The minimum Gasteiger partial charge on any atom is -0.338 e. The van der Waals surface area contributed by atoms with E-state index >= 15 is 0 Å². The van der Waals surface area contributed by atoms with Crippen LogP contribution in [0.1, 0.15) is 36.9 Å². The first-order valence-electron chi connectivity index (χ1n) is 10.2. The van der Waals surface area contributed by atoms with E-state index < -0.39 is 22.7 Å². The van der Waals surface area contributed by atoms with Crippen LogP contribution < -0.4 is 5.32 Å². The van der Waals surface area contributed by atoms with Gasteiger partial charge in [-0.3, -0.25) is 14.9 Å². The summed E-state index contributed by atoms with van der Waals surface area (Å²) in [6.45, 7) is 2.19. The molecule has 0 fully saturated rings. The highest BCUT2D eigenvalue weighted by molar-refractivity contribution is 6.03. The summed E-state index contributed by atoms with van der Waals surface area (Å²) in [6, 6.07) is 10.8. The van der Waals surface area contributed by atoms with Crippen LogP contribution in [0, 0.1) is 15.9 Å². The molecule has 1 atom stereocenters. The molecule has 0 radical (unpaired) electrons. The Bertz CT molecular complexity index is 1040. The maximum atomic E-state index is 13.3. The summed E-state index contributed by atoms with van der Waals surface area (Å²) in [5, 5.41) is 19.6. The lowest BCUT2D eigenvalue weighted by atomic mass is 9.98. The Kier molecular flexibility index (Phi) is 7.14. The van der Waals surface area contributed by atoms with Gasteiger partial charge in [-0.1, -0.05) is 31.2 Å². The lowest BCUT2D eigenvalue weighted by molar-refractivity contribution is -0.384. The molecule has 168 valence electrons. The molecule has 0 aliphatic carbocycles. The molecule has 0 spiro atoms. The quantitative estimate of drug-likeness (QED) is 0.524. The molecule has 1 aliphatic heterocycles. The van der Waals surface area contributed by atoms with Crippen molar-refractivity contribution in [3.63, 3.8) is 0 Å². The highest BCUT2D eigenvalue weighted by Gasteiger charge is 2.34. The molecule has 0 unspecified atom stereocenters. The van der Waals surface area contributed by atoms with Gasteiger partial charge in [-0.05, 0) is 29.7 Å². The Morgan fingerprint density at radius 3 is 2.66 bits per heavy atom. The number of nitro benzene ring substituents is 1. The molecule has 3 amide bonds. The zero-order valence-electron chi connectivity index (χ0n) is 17.8. The third-order valence-electron chi connectivity index (χ3n) is 5.05. The number of rotatable bonds is 7. The van der Waals surface area contributed by atoms with Crippen molar-refractivity contribution in [1.82, 2.24) is 15.2 Å². The number of nitro groups is 1. The molecule has 0 saturated carbocycles. The predicted molar refractivity (Wildman–Crippen MR) is 117 cm³/mol. The molecular formula is C22H24FN5O4. The first-order chi connectivity index (χ1) is 15.3. The second-order valence-corrected chi connectivity index (χ2v) is 7.45. The molecule has 0 bridgehead atoms. The molecule has 1 heterocycles. The Hall–Kier alpha value is -3.82. The number of hydrogen-bond donors (Lipinski definition) is 1. The van der Waals surface area contributed by atoms with E-state index in [1.165, 1.54) is 41.2 Å². The van der Waals surface area contributed by atoms with Crippen molar-refractivity contribution >= 4 is 23.3 Å². The van der Waals surface area contributed by atoms with Gasteiger partial charge in [0.15, 0.2) is 0 Å². The van der Waals surface area contributed by atoms with Gasteiger partial charge in [-0.25, -0.2) is 14.2 Å². The summed E-state index contributed by atoms with van der Waals surface area (Å²) >= 11 is 0. The molecular weight excluding hydrogens is 417 g/mol. The molecule has 1 N–H and O–H groups in total. The van der Waals surface area contributed by atoms with Gasteiger partial charge in [0.1, 0.15) is 12.4 Å². The lowest BCUT2D eigenvalue weighted by Gasteiger charge is -2.25. The predicted octanol–water partition coefficient (Wildman–Crippen LogP) is 3.46. The summed E-state index contributed by atoms with van der Waals surface area (Å²) in [4.78, 5) is 37.2. The van der Waals surface area contributed by atoms with Crippen LogP contribution in [0.4, 0.5) is 14.9 Å². The van der Waals surface area contributed by atoms with E-state index in [1.54, 1.807) is 24.3 Å². The molecule has 2 aromatic carbocycles. The normalized spacial score (nSPS) is 15.3. The first kappa shape index (κ1) is 22.9. The van der Waals surface area contributed by atoms with E-state index in [0.717, 1.165) is 6.42 Å². The number of hydrogen-bond acceptors (Lipinski definition) is 5. The molecule has 3 rings (SSSR count). The zero-order valence-corrected chi connectivity index (χ0v) is 17.8. The fraction of sp³-hybridized carbons (Fsp3) is 0.318. The number of urea groups is 1. The van der Waals surface area contributed by atoms with Crippen LogP contribution in [-0.4, -0.2) is 52.6 Å². The van der Waals surface area contributed by atoms with Gasteiger partial charge in [-0.15, -0.1) is 0 Å². The smallest absolute Gasteiger partial charge is 0.317 e.